The van der Waals surface area contributed by atoms with Crippen molar-refractivity contribution in [2.45, 2.75) is 19.5 Å². The smallest absolute Gasteiger partial charge is 0.324 e. The average Bonchev–Trinajstić information content (AvgIpc) is 2.89. The van der Waals surface area contributed by atoms with Crippen molar-refractivity contribution in [1.29, 1.82) is 0 Å². The van der Waals surface area contributed by atoms with E-state index in [-0.39, 0.29) is 12.1 Å². The Morgan fingerprint density at radius 3 is 2.34 bits per heavy atom. The van der Waals surface area contributed by atoms with Crippen molar-refractivity contribution >= 4 is 23.4 Å². The Bertz CT molecular complexity index is 1150. The number of rotatable bonds is 8. The van der Waals surface area contributed by atoms with Crippen LogP contribution in [0.5, 0.6) is 11.5 Å². The lowest BCUT2D eigenvalue weighted by Crippen LogP contribution is -2.49. The maximum atomic E-state index is 13.3. The van der Waals surface area contributed by atoms with E-state index in [1.54, 1.807) is 25.2 Å². The average molecular weight is 475 g/mol. The minimum absolute atomic E-state index is 0.0799. The summed E-state index contributed by atoms with van der Waals surface area (Å²) < 4.78 is 10.7. The van der Waals surface area contributed by atoms with Gasteiger partial charge in [0.25, 0.3) is 0 Å². The number of amides is 4. The molecule has 0 aromatic heterocycles. The van der Waals surface area contributed by atoms with Gasteiger partial charge in [0.1, 0.15) is 11.5 Å². The van der Waals surface area contributed by atoms with Crippen molar-refractivity contribution in [3.63, 3.8) is 0 Å². The highest BCUT2D eigenvalue weighted by molar-refractivity contribution is 5.95. The molecule has 0 radical (unpaired) electrons. The Hall–Kier alpha value is -4.20. The second-order valence-corrected chi connectivity index (χ2v) is 8.27. The molecule has 8 heteroatoms. The minimum Gasteiger partial charge on any atom is -0.497 e. The summed E-state index contributed by atoms with van der Waals surface area (Å²) in [4.78, 5) is 29.2. The van der Waals surface area contributed by atoms with E-state index in [4.69, 9.17) is 9.47 Å². The second kappa shape index (κ2) is 11.3. The van der Waals surface area contributed by atoms with E-state index in [0.717, 1.165) is 23.2 Å². The normalized spacial score (nSPS) is 13.4. The molecule has 3 aromatic carbocycles. The third kappa shape index (κ3) is 6.23. The van der Waals surface area contributed by atoms with Gasteiger partial charge in [-0.15, -0.1) is 0 Å². The fourth-order valence-electron chi connectivity index (χ4n) is 4.05. The first-order valence-corrected chi connectivity index (χ1v) is 11.5. The molecule has 0 unspecified atom stereocenters. The molecule has 35 heavy (non-hydrogen) atoms. The molecule has 0 bridgehead atoms. The molecule has 2 N–H and O–H groups in total. The summed E-state index contributed by atoms with van der Waals surface area (Å²) in [6.07, 6.45) is 0.835. The summed E-state index contributed by atoms with van der Waals surface area (Å²) in [5.41, 5.74) is 3.31. The maximum absolute atomic E-state index is 13.3. The lowest BCUT2D eigenvalue weighted by Gasteiger charge is -2.36. The van der Waals surface area contributed by atoms with E-state index in [9.17, 15) is 9.59 Å². The molecule has 3 aromatic rings. The van der Waals surface area contributed by atoms with Crippen molar-refractivity contribution < 1.29 is 19.1 Å². The fraction of sp³-hybridized carbons (Fsp3) is 0.259. The highest BCUT2D eigenvalue weighted by atomic mass is 16.5. The standard InChI is InChI=1S/C27H30N4O4/c1-34-24-14-21(15-25(17-24)35-2)19-30-12-7-13-31(27(30)33)23-11-6-10-22(16-23)29-26(32)28-18-20-8-4-3-5-9-20/h3-6,8-11,14-17H,7,12-13,18-19H2,1-2H3,(H2,28,29,32). The molecule has 0 spiro atoms. The van der Waals surface area contributed by atoms with E-state index < -0.39 is 0 Å². The van der Waals surface area contributed by atoms with Crippen LogP contribution in [0.1, 0.15) is 17.5 Å². The van der Waals surface area contributed by atoms with Gasteiger partial charge in [-0.2, -0.15) is 0 Å². The van der Waals surface area contributed by atoms with Crippen LogP contribution in [0.15, 0.2) is 72.8 Å². The molecule has 0 atom stereocenters. The van der Waals surface area contributed by atoms with Crippen LogP contribution in [0.2, 0.25) is 0 Å². The van der Waals surface area contributed by atoms with Crippen LogP contribution in [0.3, 0.4) is 0 Å². The van der Waals surface area contributed by atoms with Gasteiger partial charge in [-0.25, -0.2) is 9.59 Å². The largest absolute Gasteiger partial charge is 0.497 e. The molecule has 1 heterocycles. The first kappa shape index (κ1) is 23.9. The predicted octanol–water partition coefficient (Wildman–Crippen LogP) is 4.86. The fourth-order valence-corrected chi connectivity index (χ4v) is 4.05. The molecule has 4 rings (SSSR count). The van der Waals surface area contributed by atoms with E-state index >= 15 is 0 Å². The predicted molar refractivity (Wildman–Crippen MR) is 136 cm³/mol. The molecule has 1 saturated heterocycles. The molecule has 0 aliphatic carbocycles. The third-order valence-corrected chi connectivity index (χ3v) is 5.81. The van der Waals surface area contributed by atoms with Gasteiger partial charge in [0.15, 0.2) is 0 Å². The number of hydrogen-bond acceptors (Lipinski definition) is 4. The Morgan fingerprint density at radius 2 is 1.63 bits per heavy atom. The number of methoxy groups -OCH3 is 2. The Morgan fingerprint density at radius 1 is 0.886 bits per heavy atom. The lowest BCUT2D eigenvalue weighted by atomic mass is 10.1. The van der Waals surface area contributed by atoms with Crippen molar-refractivity contribution in [3.8, 4) is 11.5 Å². The van der Waals surface area contributed by atoms with Crippen LogP contribution in [0.25, 0.3) is 0 Å². The summed E-state index contributed by atoms with van der Waals surface area (Å²) in [7, 11) is 3.21. The van der Waals surface area contributed by atoms with Crippen LogP contribution in [-0.4, -0.2) is 44.3 Å². The second-order valence-electron chi connectivity index (χ2n) is 8.27. The zero-order chi connectivity index (χ0) is 24.6. The van der Waals surface area contributed by atoms with Crippen LogP contribution in [-0.2, 0) is 13.1 Å². The number of carbonyl (C=O) groups excluding carboxylic acids is 2. The number of nitrogens with one attached hydrogen (secondary N) is 2. The highest BCUT2D eigenvalue weighted by Gasteiger charge is 2.27. The van der Waals surface area contributed by atoms with Gasteiger partial charge in [0.2, 0.25) is 0 Å². The highest BCUT2D eigenvalue weighted by Crippen LogP contribution is 2.27. The van der Waals surface area contributed by atoms with Gasteiger partial charge >= 0.3 is 12.1 Å². The zero-order valence-electron chi connectivity index (χ0n) is 20.0. The number of benzene rings is 3. The SMILES string of the molecule is COc1cc(CN2CCCN(c3cccc(NC(=O)NCc4ccccc4)c3)C2=O)cc(OC)c1. The van der Waals surface area contributed by atoms with Gasteiger partial charge in [-0.05, 0) is 47.9 Å². The number of anilines is 2. The summed E-state index contributed by atoms with van der Waals surface area (Å²) in [5.74, 6) is 1.37. The topological polar surface area (TPSA) is 83.1 Å². The molecule has 1 fully saturated rings. The van der Waals surface area contributed by atoms with Crippen LogP contribution in [0.4, 0.5) is 21.0 Å². The number of urea groups is 2. The van der Waals surface area contributed by atoms with Crippen LogP contribution >= 0.6 is 0 Å². The third-order valence-electron chi connectivity index (χ3n) is 5.81. The van der Waals surface area contributed by atoms with E-state index in [1.807, 2.05) is 71.6 Å². The van der Waals surface area contributed by atoms with Gasteiger partial charge in [-0.3, -0.25) is 4.90 Å². The summed E-state index contributed by atoms with van der Waals surface area (Å²) in [6, 6.07) is 22.3. The lowest BCUT2D eigenvalue weighted by molar-refractivity contribution is 0.192. The monoisotopic (exact) mass is 474 g/mol. The van der Waals surface area contributed by atoms with Crippen molar-refractivity contribution in [3.05, 3.63) is 83.9 Å². The first-order valence-electron chi connectivity index (χ1n) is 11.5. The van der Waals surface area contributed by atoms with Gasteiger partial charge in [0, 0.05) is 43.6 Å². The molecular weight excluding hydrogens is 444 g/mol. The Balaban J connectivity index is 1.41. The summed E-state index contributed by atoms with van der Waals surface area (Å²) >= 11 is 0. The molecule has 4 amide bonds. The van der Waals surface area contributed by atoms with Crippen molar-refractivity contribution in [1.82, 2.24) is 10.2 Å². The van der Waals surface area contributed by atoms with Gasteiger partial charge in [0.05, 0.1) is 14.2 Å². The number of ether oxygens (including phenoxy) is 2. The Kier molecular flexibility index (Phi) is 7.72. The molecule has 1 aliphatic rings. The Labute approximate surface area is 205 Å². The number of hydrogen-bond donors (Lipinski definition) is 2. The van der Waals surface area contributed by atoms with E-state index in [2.05, 4.69) is 10.6 Å². The molecule has 8 nitrogen and oxygen atoms in total. The zero-order valence-corrected chi connectivity index (χ0v) is 20.0. The summed E-state index contributed by atoms with van der Waals surface area (Å²) in [5, 5.41) is 5.70. The molecular formula is C27H30N4O4. The van der Waals surface area contributed by atoms with Gasteiger partial charge in [-0.1, -0.05) is 36.4 Å². The van der Waals surface area contributed by atoms with Crippen molar-refractivity contribution in [2.24, 2.45) is 0 Å². The molecule has 0 saturated carbocycles. The van der Waals surface area contributed by atoms with Crippen LogP contribution in [0, 0.1) is 0 Å². The van der Waals surface area contributed by atoms with Gasteiger partial charge < -0.3 is 25.0 Å². The van der Waals surface area contributed by atoms with E-state index in [1.165, 1.54) is 0 Å². The summed E-state index contributed by atoms with van der Waals surface area (Å²) in [6.45, 7) is 2.15. The first-order chi connectivity index (χ1) is 17.1. The quantitative estimate of drug-likeness (QED) is 0.489. The van der Waals surface area contributed by atoms with E-state index in [0.29, 0.717) is 43.4 Å². The molecule has 182 valence electrons. The minimum atomic E-state index is -0.301. The molecule has 1 aliphatic heterocycles. The maximum Gasteiger partial charge on any atom is 0.324 e. The van der Waals surface area contributed by atoms with Crippen LogP contribution < -0.4 is 25.0 Å². The van der Waals surface area contributed by atoms with Crippen molar-refractivity contribution in [2.75, 3.05) is 37.5 Å². The number of nitrogens with zero attached hydrogens (tertiary/aromatic N) is 2. The number of carbonyl (C=O) groups is 2.